The second kappa shape index (κ2) is 7.04. The molecule has 1 aliphatic carbocycles. The van der Waals surface area contributed by atoms with Gasteiger partial charge in [0.1, 0.15) is 0 Å². The lowest BCUT2D eigenvalue weighted by Gasteiger charge is -2.55. The lowest BCUT2D eigenvalue weighted by molar-refractivity contribution is 0.512. The normalized spacial score (nSPS) is 16.7. The highest BCUT2D eigenvalue weighted by molar-refractivity contribution is 7.13. The van der Waals surface area contributed by atoms with Crippen LogP contribution < -0.4 is 15.4 Å². The number of hydrogen-bond donors (Lipinski definition) is 1. The molecule has 0 bridgehead atoms. The molecule has 0 aliphatic heterocycles. The molecule has 0 spiro atoms. The highest BCUT2D eigenvalue weighted by atomic mass is 28.4. The first-order chi connectivity index (χ1) is 12.6. The van der Waals surface area contributed by atoms with Crippen LogP contribution >= 0.6 is 0 Å². The van der Waals surface area contributed by atoms with Gasteiger partial charge in [0, 0.05) is 10.2 Å². The van der Waals surface area contributed by atoms with Gasteiger partial charge in [-0.3, -0.25) is 0 Å². The van der Waals surface area contributed by atoms with Gasteiger partial charge in [0.15, 0.2) is 0 Å². The van der Waals surface area contributed by atoms with E-state index in [9.17, 15) is 0 Å². The van der Waals surface area contributed by atoms with E-state index in [1.54, 1.807) is 0 Å². The molecule has 0 saturated carbocycles. The molecule has 0 heterocycles. The predicted octanol–water partition coefficient (Wildman–Crippen LogP) is 4.88. The Morgan fingerprint density at radius 3 is 1.44 bits per heavy atom. The van der Waals surface area contributed by atoms with E-state index in [1.807, 2.05) is 0 Å². The average Bonchev–Trinajstić information content (AvgIpc) is 3.12. The Bertz CT molecular complexity index is 773. The van der Waals surface area contributed by atoms with Crippen LogP contribution in [0.15, 0.2) is 85.0 Å². The first kappa shape index (κ1) is 20.1. The van der Waals surface area contributed by atoms with Gasteiger partial charge in [0.05, 0.1) is 8.07 Å². The van der Waals surface area contributed by atoms with Gasteiger partial charge in [0.25, 0.3) is 0 Å². The number of rotatable bonds is 5. The zero-order valence-electron chi connectivity index (χ0n) is 17.6. The summed E-state index contributed by atoms with van der Waals surface area (Å²) in [5.41, 5.74) is 0.00876. The Labute approximate surface area is 167 Å². The van der Waals surface area contributed by atoms with Crippen LogP contribution in [0.25, 0.3) is 0 Å². The van der Waals surface area contributed by atoms with Crippen LogP contribution in [0.1, 0.15) is 20.8 Å². The van der Waals surface area contributed by atoms with Crippen molar-refractivity contribution in [2.45, 2.75) is 50.6 Å². The van der Waals surface area contributed by atoms with Gasteiger partial charge in [0.2, 0.25) is 8.24 Å². The molecule has 1 nitrogen and oxygen atoms in total. The molecule has 0 aromatic heterocycles. The molecular weight excluding hydrogens is 358 g/mol. The largest absolute Gasteiger partial charge is 0.325 e. The zero-order chi connectivity index (χ0) is 19.8. The van der Waals surface area contributed by atoms with Crippen LogP contribution in [0.3, 0.4) is 0 Å². The fourth-order valence-electron chi connectivity index (χ4n) is 4.61. The van der Waals surface area contributed by atoms with Crippen LogP contribution in [-0.4, -0.2) is 21.8 Å². The predicted molar refractivity (Wildman–Crippen MR) is 125 cm³/mol. The first-order valence-electron chi connectivity index (χ1n) is 9.90. The molecule has 0 fully saturated rings. The van der Waals surface area contributed by atoms with Crippen molar-refractivity contribution in [1.82, 2.24) is 4.98 Å². The van der Waals surface area contributed by atoms with Crippen LogP contribution in [0, 0.1) is 0 Å². The van der Waals surface area contributed by atoms with Crippen LogP contribution in [0.4, 0.5) is 0 Å². The summed E-state index contributed by atoms with van der Waals surface area (Å²) in [6, 6.07) is 22.4. The minimum absolute atomic E-state index is 0.00876. The van der Waals surface area contributed by atoms with Gasteiger partial charge in [-0.15, -0.1) is 0 Å². The topological polar surface area (TPSA) is 12.0 Å². The van der Waals surface area contributed by atoms with Gasteiger partial charge in [-0.25, -0.2) is 0 Å². The highest BCUT2D eigenvalue weighted by Crippen LogP contribution is 2.50. The van der Waals surface area contributed by atoms with Gasteiger partial charge in [-0.2, -0.15) is 0 Å². The zero-order valence-corrected chi connectivity index (χ0v) is 19.6. The van der Waals surface area contributed by atoms with E-state index in [1.165, 1.54) is 10.4 Å². The fourth-order valence-corrected chi connectivity index (χ4v) is 16.3. The summed E-state index contributed by atoms with van der Waals surface area (Å²) in [4.78, 5) is 4.26. The second-order valence-corrected chi connectivity index (χ2v) is 19.3. The summed E-state index contributed by atoms with van der Waals surface area (Å²) in [6.07, 6.45) is 9.58. The van der Waals surface area contributed by atoms with E-state index >= 15 is 0 Å². The van der Waals surface area contributed by atoms with Crippen molar-refractivity contribution >= 4 is 26.7 Å². The number of nitrogens with one attached hydrogen (secondary N) is 1. The van der Waals surface area contributed by atoms with Crippen molar-refractivity contribution < 1.29 is 0 Å². The minimum atomic E-state index is -2.40. The molecule has 2 aromatic rings. The van der Waals surface area contributed by atoms with E-state index in [0.29, 0.717) is 0 Å². The van der Waals surface area contributed by atoms with E-state index in [4.69, 9.17) is 0 Å². The van der Waals surface area contributed by atoms with E-state index in [0.717, 1.165) is 0 Å². The fraction of sp³-hybridized carbons (Fsp3) is 0.333. The Morgan fingerprint density at radius 2 is 1.11 bits per heavy atom. The lowest BCUT2D eigenvalue weighted by Crippen LogP contribution is -2.81. The second-order valence-electron chi connectivity index (χ2n) is 9.69. The number of benzene rings is 2. The molecular formula is C24H33NSi2. The van der Waals surface area contributed by atoms with Gasteiger partial charge < -0.3 is 4.98 Å². The quantitative estimate of drug-likeness (QED) is 0.716. The molecule has 3 heteroatoms. The number of hydrogen-bond acceptors (Lipinski definition) is 1. The maximum atomic E-state index is 4.26. The molecule has 0 amide bonds. The van der Waals surface area contributed by atoms with Crippen LogP contribution in [-0.2, 0) is 0 Å². The summed E-state index contributed by atoms with van der Waals surface area (Å²) in [5, 5.41) is 2.93. The Morgan fingerprint density at radius 1 is 0.704 bits per heavy atom. The van der Waals surface area contributed by atoms with Crippen LogP contribution in [0.5, 0.6) is 0 Å². The van der Waals surface area contributed by atoms with E-state index in [2.05, 4.69) is 130 Å². The standard InChI is InChI=1S/C24H33NSi2/c1-23(2,3)25-27(21-15-9-7-10-16-21,22-17-11-8-12-18-22)24(26(4,5)6)19-13-14-20-24/h7-20,25H,1-6H3. The summed E-state index contributed by atoms with van der Waals surface area (Å²) in [7, 11) is -4.05. The Kier molecular flexibility index (Phi) is 5.23. The van der Waals surface area contributed by atoms with Crippen molar-refractivity contribution in [3.05, 3.63) is 85.0 Å². The third kappa shape index (κ3) is 3.44. The van der Waals surface area contributed by atoms with Crippen molar-refractivity contribution in [2.75, 3.05) is 0 Å². The summed E-state index contributed by atoms with van der Waals surface area (Å²) in [6.45, 7) is 14.5. The Hall–Kier alpha value is -1.69. The highest BCUT2D eigenvalue weighted by Gasteiger charge is 2.61. The lowest BCUT2D eigenvalue weighted by atomic mass is 10.1. The molecule has 3 rings (SSSR count). The van der Waals surface area contributed by atoms with Crippen molar-refractivity contribution in [3.63, 3.8) is 0 Å². The van der Waals surface area contributed by atoms with Gasteiger partial charge in [-0.05, 0) is 31.1 Å². The summed E-state index contributed by atoms with van der Waals surface area (Å²) >= 11 is 0. The SMILES string of the molecule is CC(C)(C)N[Si](c1ccccc1)(c1ccccc1)C1([Si](C)(C)C)C=CC=C1. The van der Waals surface area contributed by atoms with E-state index in [-0.39, 0.29) is 10.2 Å². The molecule has 0 radical (unpaired) electrons. The minimum Gasteiger partial charge on any atom is -0.325 e. The Balaban J connectivity index is 2.45. The first-order valence-corrected chi connectivity index (χ1v) is 15.4. The molecule has 0 saturated heterocycles. The molecule has 0 atom stereocenters. The third-order valence-corrected chi connectivity index (χ3v) is 17.0. The van der Waals surface area contributed by atoms with Gasteiger partial charge in [-0.1, -0.05) is 105 Å². The maximum absolute atomic E-state index is 4.26. The maximum Gasteiger partial charge on any atom is 0.201 e. The van der Waals surface area contributed by atoms with Gasteiger partial charge >= 0.3 is 0 Å². The molecule has 2 aromatic carbocycles. The van der Waals surface area contributed by atoms with Crippen molar-refractivity contribution in [2.24, 2.45) is 0 Å². The molecule has 0 unspecified atom stereocenters. The molecule has 27 heavy (non-hydrogen) atoms. The van der Waals surface area contributed by atoms with Crippen LogP contribution in [0.2, 0.25) is 24.3 Å². The smallest absolute Gasteiger partial charge is 0.201 e. The van der Waals surface area contributed by atoms with Crippen molar-refractivity contribution in [3.8, 4) is 0 Å². The molecule has 142 valence electrons. The van der Waals surface area contributed by atoms with E-state index < -0.39 is 16.3 Å². The monoisotopic (exact) mass is 391 g/mol. The molecule has 1 aliphatic rings. The molecule has 1 N–H and O–H groups in total. The third-order valence-electron chi connectivity index (χ3n) is 5.67. The summed E-state index contributed by atoms with van der Waals surface area (Å²) < 4.78 is 0.0655. The summed E-state index contributed by atoms with van der Waals surface area (Å²) in [5.74, 6) is 0. The van der Waals surface area contributed by atoms with Crippen molar-refractivity contribution in [1.29, 1.82) is 0 Å². The number of allylic oxidation sites excluding steroid dienone is 4. The average molecular weight is 392 g/mol.